The topological polar surface area (TPSA) is 73.1 Å². The van der Waals surface area contributed by atoms with E-state index in [1.807, 2.05) is 31.2 Å². The second kappa shape index (κ2) is 8.30. The molecular weight excluding hydrogens is 422 g/mol. The number of carbonyl (C=O) groups is 1. The summed E-state index contributed by atoms with van der Waals surface area (Å²) in [6, 6.07) is 16.1. The Kier molecular flexibility index (Phi) is 5.57. The van der Waals surface area contributed by atoms with Crippen molar-refractivity contribution in [3.63, 3.8) is 0 Å². The maximum atomic E-state index is 13.2. The van der Waals surface area contributed by atoms with Gasteiger partial charge in [0.05, 0.1) is 11.2 Å². The molecule has 0 spiro atoms. The van der Waals surface area contributed by atoms with Gasteiger partial charge in [0.1, 0.15) is 11.2 Å². The molecule has 0 aliphatic rings. The van der Waals surface area contributed by atoms with Crippen LogP contribution in [0.2, 0.25) is 5.02 Å². The molecule has 6 nitrogen and oxygen atoms in total. The van der Waals surface area contributed by atoms with E-state index in [-0.39, 0.29) is 24.6 Å². The monoisotopic (exact) mass is 439 g/mol. The third kappa shape index (κ3) is 3.81. The lowest BCUT2D eigenvalue weighted by molar-refractivity contribution is -0.121. The van der Waals surface area contributed by atoms with Gasteiger partial charge in [-0.3, -0.25) is 14.2 Å². The fraction of sp³-hybridized carbons (Fsp3) is 0.136. The molecule has 0 unspecified atom stereocenters. The third-order valence-electron chi connectivity index (χ3n) is 4.75. The summed E-state index contributed by atoms with van der Waals surface area (Å²) in [6.07, 6.45) is 0. The highest BCUT2D eigenvalue weighted by molar-refractivity contribution is 7.17. The van der Waals surface area contributed by atoms with Crippen LogP contribution in [0.15, 0.2) is 69.6 Å². The van der Waals surface area contributed by atoms with E-state index >= 15 is 0 Å². The normalized spacial score (nSPS) is 11.0. The standard InChI is InChI=1S/C22H18ClN3O3S/c1-14-5-4-7-16(11-14)26-21(28)20-18(9-10-30-20)25(22(26)29)13-19(27)24-12-15-6-2-3-8-17(15)23/h2-11H,12-13H2,1H3,(H,24,27). The van der Waals surface area contributed by atoms with E-state index < -0.39 is 5.69 Å². The summed E-state index contributed by atoms with van der Waals surface area (Å²) in [7, 11) is 0. The van der Waals surface area contributed by atoms with Gasteiger partial charge in [0.25, 0.3) is 5.56 Å². The van der Waals surface area contributed by atoms with Crippen molar-refractivity contribution >= 4 is 39.1 Å². The van der Waals surface area contributed by atoms with E-state index in [0.29, 0.717) is 20.9 Å². The molecule has 2 heterocycles. The van der Waals surface area contributed by atoms with Crippen LogP contribution in [-0.4, -0.2) is 15.0 Å². The zero-order chi connectivity index (χ0) is 21.3. The van der Waals surface area contributed by atoms with E-state index in [4.69, 9.17) is 11.6 Å². The van der Waals surface area contributed by atoms with E-state index in [2.05, 4.69) is 5.32 Å². The van der Waals surface area contributed by atoms with Crippen LogP contribution in [0.1, 0.15) is 11.1 Å². The van der Waals surface area contributed by atoms with Crippen LogP contribution in [0.5, 0.6) is 0 Å². The SMILES string of the molecule is Cc1cccc(-n2c(=O)c3sccc3n(CC(=O)NCc3ccccc3Cl)c2=O)c1. The minimum absolute atomic E-state index is 0.206. The van der Waals surface area contributed by atoms with E-state index in [0.717, 1.165) is 15.7 Å². The number of rotatable bonds is 5. The Labute approximate surface area is 181 Å². The number of aromatic nitrogens is 2. The second-order valence-corrected chi connectivity index (χ2v) is 8.17. The molecule has 4 rings (SSSR count). The fourth-order valence-corrected chi connectivity index (χ4v) is 4.30. The van der Waals surface area contributed by atoms with Crippen molar-refractivity contribution in [1.29, 1.82) is 0 Å². The molecule has 0 radical (unpaired) electrons. The molecule has 0 bridgehead atoms. The van der Waals surface area contributed by atoms with Gasteiger partial charge < -0.3 is 5.32 Å². The maximum absolute atomic E-state index is 13.2. The van der Waals surface area contributed by atoms with Crippen LogP contribution in [0, 0.1) is 6.92 Å². The van der Waals surface area contributed by atoms with Gasteiger partial charge in [0, 0.05) is 11.6 Å². The number of benzene rings is 2. The lowest BCUT2D eigenvalue weighted by Gasteiger charge is -2.13. The highest BCUT2D eigenvalue weighted by Gasteiger charge is 2.17. The van der Waals surface area contributed by atoms with Crippen molar-refractivity contribution in [3.05, 3.63) is 97.0 Å². The molecule has 0 fully saturated rings. The molecule has 1 amide bonds. The number of hydrogen-bond donors (Lipinski definition) is 1. The number of aryl methyl sites for hydroxylation is 1. The van der Waals surface area contributed by atoms with Crippen LogP contribution in [-0.2, 0) is 17.9 Å². The summed E-state index contributed by atoms with van der Waals surface area (Å²) in [5, 5.41) is 5.09. The average Bonchev–Trinajstić information content (AvgIpc) is 3.21. The Morgan fingerprint density at radius 1 is 1.10 bits per heavy atom. The summed E-state index contributed by atoms with van der Waals surface area (Å²) in [6.45, 7) is 1.93. The number of halogens is 1. The van der Waals surface area contributed by atoms with E-state index in [9.17, 15) is 14.4 Å². The molecule has 30 heavy (non-hydrogen) atoms. The molecule has 1 N–H and O–H groups in total. The molecule has 0 atom stereocenters. The summed E-state index contributed by atoms with van der Waals surface area (Å²) in [5.74, 6) is -0.348. The van der Waals surface area contributed by atoms with Crippen LogP contribution in [0.4, 0.5) is 0 Å². The van der Waals surface area contributed by atoms with Gasteiger partial charge in [-0.1, -0.05) is 41.9 Å². The Bertz CT molecular complexity index is 1370. The highest BCUT2D eigenvalue weighted by Crippen LogP contribution is 2.17. The number of amides is 1. The molecule has 8 heteroatoms. The van der Waals surface area contributed by atoms with Gasteiger partial charge >= 0.3 is 5.69 Å². The van der Waals surface area contributed by atoms with Gasteiger partial charge in [0.2, 0.25) is 5.91 Å². The van der Waals surface area contributed by atoms with Crippen LogP contribution >= 0.6 is 22.9 Å². The largest absolute Gasteiger partial charge is 0.350 e. The van der Waals surface area contributed by atoms with Gasteiger partial charge in [-0.05, 0) is 47.7 Å². The molecule has 2 aromatic carbocycles. The predicted octanol–water partition coefficient (Wildman–Crippen LogP) is 3.49. The summed E-state index contributed by atoms with van der Waals surface area (Å²) < 4.78 is 2.88. The zero-order valence-electron chi connectivity index (χ0n) is 16.1. The molecule has 0 aliphatic carbocycles. The number of fused-ring (bicyclic) bond motifs is 1. The van der Waals surface area contributed by atoms with Crippen molar-refractivity contribution in [2.75, 3.05) is 0 Å². The van der Waals surface area contributed by atoms with Crippen LogP contribution < -0.4 is 16.6 Å². The molecule has 0 saturated carbocycles. The smallest absolute Gasteiger partial charge is 0.336 e. The first-order valence-corrected chi connectivity index (χ1v) is 10.5. The number of thiophene rings is 1. The van der Waals surface area contributed by atoms with Gasteiger partial charge in [-0.2, -0.15) is 0 Å². The first kappa shape index (κ1) is 20.1. The lowest BCUT2D eigenvalue weighted by Crippen LogP contribution is -2.41. The zero-order valence-corrected chi connectivity index (χ0v) is 17.7. The molecule has 0 saturated heterocycles. The number of hydrogen-bond acceptors (Lipinski definition) is 4. The Balaban J connectivity index is 1.71. The molecule has 0 aliphatic heterocycles. The van der Waals surface area contributed by atoms with Gasteiger partial charge in [0.15, 0.2) is 0 Å². The average molecular weight is 440 g/mol. The minimum atomic E-state index is -0.551. The first-order chi connectivity index (χ1) is 14.5. The van der Waals surface area contributed by atoms with E-state index in [1.165, 1.54) is 15.9 Å². The first-order valence-electron chi connectivity index (χ1n) is 9.26. The van der Waals surface area contributed by atoms with Crippen LogP contribution in [0.25, 0.3) is 15.9 Å². The van der Waals surface area contributed by atoms with Crippen molar-refractivity contribution in [2.24, 2.45) is 0 Å². The second-order valence-electron chi connectivity index (χ2n) is 6.85. The Hall–Kier alpha value is -3.16. The van der Waals surface area contributed by atoms with Crippen molar-refractivity contribution < 1.29 is 4.79 Å². The molecule has 4 aromatic rings. The van der Waals surface area contributed by atoms with Gasteiger partial charge in [-0.25, -0.2) is 9.36 Å². The summed E-state index contributed by atoms with van der Waals surface area (Å²) in [5.41, 5.74) is 1.70. The third-order valence-corrected chi connectivity index (χ3v) is 6.01. The number of nitrogens with zero attached hydrogens (tertiary/aromatic N) is 2. The van der Waals surface area contributed by atoms with E-state index in [1.54, 1.807) is 35.7 Å². The highest BCUT2D eigenvalue weighted by atomic mass is 35.5. The van der Waals surface area contributed by atoms with Crippen LogP contribution in [0.3, 0.4) is 0 Å². The number of nitrogens with one attached hydrogen (secondary N) is 1. The quantitative estimate of drug-likeness (QED) is 0.517. The summed E-state index contributed by atoms with van der Waals surface area (Å²) in [4.78, 5) is 38.8. The molecule has 152 valence electrons. The van der Waals surface area contributed by atoms with Gasteiger partial charge in [-0.15, -0.1) is 11.3 Å². The Morgan fingerprint density at radius 3 is 2.67 bits per heavy atom. The maximum Gasteiger partial charge on any atom is 0.336 e. The lowest BCUT2D eigenvalue weighted by atomic mass is 10.2. The summed E-state index contributed by atoms with van der Waals surface area (Å²) >= 11 is 7.38. The predicted molar refractivity (Wildman–Crippen MR) is 120 cm³/mol. The van der Waals surface area contributed by atoms with Crippen molar-refractivity contribution in [1.82, 2.24) is 14.5 Å². The fourth-order valence-electron chi connectivity index (χ4n) is 3.27. The van der Waals surface area contributed by atoms with Crippen molar-refractivity contribution in [2.45, 2.75) is 20.0 Å². The Morgan fingerprint density at radius 2 is 1.90 bits per heavy atom. The molecule has 2 aromatic heterocycles. The minimum Gasteiger partial charge on any atom is -0.350 e. The van der Waals surface area contributed by atoms with Crippen molar-refractivity contribution in [3.8, 4) is 5.69 Å². The number of carbonyl (C=O) groups excluding carboxylic acids is 1. The molecular formula is C22H18ClN3O3S.